The lowest BCUT2D eigenvalue weighted by molar-refractivity contribution is 0.0731. The first-order valence-electron chi connectivity index (χ1n) is 13.8. The van der Waals surface area contributed by atoms with E-state index in [4.69, 9.17) is 0 Å². The second kappa shape index (κ2) is 11.2. The van der Waals surface area contributed by atoms with Gasteiger partial charge in [-0.15, -0.1) is 0 Å². The van der Waals surface area contributed by atoms with Crippen LogP contribution in [-0.2, 0) is 13.0 Å². The predicted octanol–water partition coefficient (Wildman–Crippen LogP) is 6.55. The van der Waals surface area contributed by atoms with Gasteiger partial charge in [-0.05, 0) is 66.6 Å². The van der Waals surface area contributed by atoms with E-state index in [1.165, 1.54) is 18.4 Å². The SMILES string of the molecule is O=C(c1ccc(NC2c3ccccc3C(=O)N2CC2CC2)cc1)N(CCc1ccccc1)Cc1ccccc1. The average Bonchev–Trinajstić information content (AvgIpc) is 3.78. The second-order valence-corrected chi connectivity index (χ2v) is 10.6. The van der Waals surface area contributed by atoms with Crippen molar-refractivity contribution >= 4 is 17.5 Å². The summed E-state index contributed by atoms with van der Waals surface area (Å²) >= 11 is 0. The van der Waals surface area contributed by atoms with Crippen LogP contribution < -0.4 is 5.32 Å². The van der Waals surface area contributed by atoms with Crippen LogP contribution in [0.4, 0.5) is 5.69 Å². The molecule has 1 saturated carbocycles. The Bertz CT molecular complexity index is 1430. The number of hydrogen-bond acceptors (Lipinski definition) is 3. The number of carbonyl (C=O) groups is 2. The normalized spacial score (nSPS) is 16.2. The maximum atomic E-state index is 13.7. The molecule has 0 saturated heterocycles. The number of fused-ring (bicyclic) bond motifs is 1. The molecule has 5 heteroatoms. The first kappa shape index (κ1) is 24.9. The van der Waals surface area contributed by atoms with Gasteiger partial charge in [0.05, 0.1) is 0 Å². The highest BCUT2D eigenvalue weighted by Crippen LogP contribution is 2.39. The number of amides is 2. The summed E-state index contributed by atoms with van der Waals surface area (Å²) in [5, 5.41) is 3.57. The quantitative estimate of drug-likeness (QED) is 0.261. The van der Waals surface area contributed by atoms with Gasteiger partial charge in [0, 0.05) is 42.0 Å². The van der Waals surface area contributed by atoms with E-state index < -0.39 is 0 Å². The van der Waals surface area contributed by atoms with Crippen molar-refractivity contribution in [3.8, 4) is 0 Å². The lowest BCUT2D eigenvalue weighted by atomic mass is 10.1. The van der Waals surface area contributed by atoms with E-state index in [0.717, 1.165) is 35.3 Å². The molecule has 1 fully saturated rings. The maximum absolute atomic E-state index is 13.7. The summed E-state index contributed by atoms with van der Waals surface area (Å²) in [7, 11) is 0. The van der Waals surface area contributed by atoms with Gasteiger partial charge in [-0.3, -0.25) is 9.59 Å². The third kappa shape index (κ3) is 5.73. The number of nitrogens with one attached hydrogen (secondary N) is 1. The molecule has 2 amide bonds. The molecule has 0 aromatic heterocycles. The fraction of sp³-hybridized carbons (Fsp3) is 0.235. The molecule has 4 aromatic carbocycles. The van der Waals surface area contributed by atoms with Gasteiger partial charge in [-0.1, -0.05) is 78.9 Å². The van der Waals surface area contributed by atoms with Crippen molar-refractivity contribution in [3.05, 3.63) is 137 Å². The number of rotatable bonds is 10. The lowest BCUT2D eigenvalue weighted by Gasteiger charge is -2.27. The molecule has 1 N–H and O–H groups in total. The first-order chi connectivity index (χ1) is 19.2. The highest BCUT2D eigenvalue weighted by Gasteiger charge is 2.39. The Balaban J connectivity index is 1.19. The minimum atomic E-state index is -0.198. The minimum Gasteiger partial charge on any atom is -0.361 e. The summed E-state index contributed by atoms with van der Waals surface area (Å²) in [6, 6.07) is 35.9. The monoisotopic (exact) mass is 515 g/mol. The molecule has 196 valence electrons. The number of nitrogens with zero attached hydrogens (tertiary/aromatic N) is 2. The van der Waals surface area contributed by atoms with Gasteiger partial charge in [-0.2, -0.15) is 0 Å². The molecule has 0 radical (unpaired) electrons. The molecule has 5 nitrogen and oxygen atoms in total. The zero-order chi connectivity index (χ0) is 26.6. The summed E-state index contributed by atoms with van der Waals surface area (Å²) in [6.07, 6.45) is 2.97. The summed E-state index contributed by atoms with van der Waals surface area (Å²) in [5.41, 5.74) is 5.65. The molecule has 4 aromatic rings. The molecule has 0 bridgehead atoms. The van der Waals surface area contributed by atoms with E-state index in [1.807, 2.05) is 94.7 Å². The molecule has 1 aliphatic carbocycles. The first-order valence-corrected chi connectivity index (χ1v) is 13.8. The maximum Gasteiger partial charge on any atom is 0.256 e. The molecular formula is C34H33N3O2. The van der Waals surface area contributed by atoms with Crippen LogP contribution in [0.1, 0.15) is 56.4 Å². The van der Waals surface area contributed by atoms with Gasteiger partial charge in [0.1, 0.15) is 6.17 Å². The van der Waals surface area contributed by atoms with Crippen LogP contribution >= 0.6 is 0 Å². The zero-order valence-electron chi connectivity index (χ0n) is 22.0. The van der Waals surface area contributed by atoms with Crippen molar-refractivity contribution in [2.45, 2.75) is 32.0 Å². The Morgan fingerprint density at radius 2 is 1.44 bits per heavy atom. The van der Waals surface area contributed by atoms with Crippen molar-refractivity contribution in [3.63, 3.8) is 0 Å². The smallest absolute Gasteiger partial charge is 0.256 e. The van der Waals surface area contributed by atoms with E-state index in [1.54, 1.807) is 0 Å². The van der Waals surface area contributed by atoms with Gasteiger partial charge in [0.2, 0.25) is 0 Å². The third-order valence-corrected chi connectivity index (χ3v) is 7.66. The fourth-order valence-electron chi connectivity index (χ4n) is 5.31. The van der Waals surface area contributed by atoms with Gasteiger partial charge in [-0.25, -0.2) is 0 Å². The largest absolute Gasteiger partial charge is 0.361 e. The predicted molar refractivity (Wildman–Crippen MR) is 154 cm³/mol. The van der Waals surface area contributed by atoms with Crippen LogP contribution in [0.3, 0.4) is 0 Å². The van der Waals surface area contributed by atoms with Gasteiger partial charge in [0.15, 0.2) is 0 Å². The summed E-state index contributed by atoms with van der Waals surface area (Å²) in [6.45, 7) is 1.97. The van der Waals surface area contributed by atoms with Gasteiger partial charge in [0.25, 0.3) is 11.8 Å². The van der Waals surface area contributed by atoms with Crippen molar-refractivity contribution < 1.29 is 9.59 Å². The van der Waals surface area contributed by atoms with Crippen LogP contribution in [0.5, 0.6) is 0 Å². The topological polar surface area (TPSA) is 52.7 Å². The molecular weight excluding hydrogens is 482 g/mol. The Morgan fingerprint density at radius 3 is 2.13 bits per heavy atom. The van der Waals surface area contributed by atoms with Crippen LogP contribution in [0, 0.1) is 5.92 Å². The minimum absolute atomic E-state index is 0.0121. The van der Waals surface area contributed by atoms with Gasteiger partial charge < -0.3 is 15.1 Å². The second-order valence-electron chi connectivity index (χ2n) is 10.6. The van der Waals surface area contributed by atoms with E-state index in [2.05, 4.69) is 29.6 Å². The summed E-state index contributed by atoms with van der Waals surface area (Å²) < 4.78 is 0. The van der Waals surface area contributed by atoms with Crippen LogP contribution in [0.25, 0.3) is 0 Å². The van der Waals surface area contributed by atoms with E-state index in [-0.39, 0.29) is 18.0 Å². The Kier molecular flexibility index (Phi) is 7.13. The lowest BCUT2D eigenvalue weighted by Crippen LogP contribution is -2.34. The number of benzene rings is 4. The van der Waals surface area contributed by atoms with Crippen molar-refractivity contribution in [1.29, 1.82) is 0 Å². The number of hydrogen-bond donors (Lipinski definition) is 1. The van der Waals surface area contributed by atoms with Crippen LogP contribution in [-0.4, -0.2) is 34.7 Å². The molecule has 6 rings (SSSR count). The number of carbonyl (C=O) groups excluding carboxylic acids is 2. The van der Waals surface area contributed by atoms with Crippen LogP contribution in [0.15, 0.2) is 109 Å². The Morgan fingerprint density at radius 1 is 0.795 bits per heavy atom. The molecule has 39 heavy (non-hydrogen) atoms. The Labute approximate surface area is 230 Å². The summed E-state index contributed by atoms with van der Waals surface area (Å²) in [5.74, 6) is 0.703. The zero-order valence-corrected chi connectivity index (χ0v) is 22.0. The highest BCUT2D eigenvalue weighted by atomic mass is 16.2. The third-order valence-electron chi connectivity index (χ3n) is 7.66. The van der Waals surface area contributed by atoms with Gasteiger partial charge >= 0.3 is 0 Å². The fourth-order valence-corrected chi connectivity index (χ4v) is 5.31. The standard InChI is InChI=1S/C34H33N3O2/c38-33(36(23-26-11-5-2-6-12-26)22-21-25-9-3-1-4-10-25)28-17-19-29(20-18-28)35-32-30-13-7-8-14-31(30)34(39)37(32)24-27-15-16-27/h1-14,17-20,27,32,35H,15-16,21-24H2. The number of anilines is 1. The molecule has 1 unspecified atom stereocenters. The molecule has 1 heterocycles. The molecule has 2 aliphatic rings. The van der Waals surface area contributed by atoms with E-state index >= 15 is 0 Å². The molecule has 0 spiro atoms. The highest BCUT2D eigenvalue weighted by molar-refractivity contribution is 5.99. The van der Waals surface area contributed by atoms with Crippen molar-refractivity contribution in [2.24, 2.45) is 5.92 Å². The van der Waals surface area contributed by atoms with Crippen molar-refractivity contribution in [1.82, 2.24) is 9.80 Å². The molecule has 1 atom stereocenters. The average molecular weight is 516 g/mol. The van der Waals surface area contributed by atoms with E-state index in [9.17, 15) is 9.59 Å². The van der Waals surface area contributed by atoms with Crippen LogP contribution in [0.2, 0.25) is 0 Å². The Hall–Kier alpha value is -4.38. The van der Waals surface area contributed by atoms with E-state index in [0.29, 0.717) is 24.6 Å². The van der Waals surface area contributed by atoms with Crippen molar-refractivity contribution in [2.75, 3.05) is 18.4 Å². The molecule has 1 aliphatic heterocycles. The summed E-state index contributed by atoms with van der Waals surface area (Å²) in [4.78, 5) is 30.7.